The van der Waals surface area contributed by atoms with Crippen molar-refractivity contribution in [3.8, 4) is 0 Å². The van der Waals surface area contributed by atoms with Crippen LogP contribution in [0.1, 0.15) is 12.8 Å². The highest BCUT2D eigenvalue weighted by Crippen LogP contribution is 2.13. The van der Waals surface area contributed by atoms with Crippen molar-refractivity contribution in [2.75, 3.05) is 20.2 Å². The molecule has 1 aliphatic rings. The number of hydrogen-bond acceptors (Lipinski definition) is 2. The van der Waals surface area contributed by atoms with Gasteiger partial charge in [-0.05, 0) is 12.8 Å². The van der Waals surface area contributed by atoms with E-state index in [2.05, 4.69) is 4.74 Å². The number of methoxy groups -OCH3 is 1. The number of hydrogen-bond donors (Lipinski definition) is 0. The summed E-state index contributed by atoms with van der Waals surface area (Å²) in [5.41, 5.74) is 0. The first-order chi connectivity index (χ1) is 5.24. The largest absolute Gasteiger partial charge is 0.453 e. The summed E-state index contributed by atoms with van der Waals surface area (Å²) < 4.78 is 17.1. The van der Waals surface area contributed by atoms with Gasteiger partial charge in [0.1, 0.15) is 6.17 Å². The lowest BCUT2D eigenvalue weighted by molar-refractivity contribution is 0.0919. The first-order valence-corrected chi connectivity index (χ1v) is 3.71. The molecular weight excluding hydrogens is 149 g/mol. The summed E-state index contributed by atoms with van der Waals surface area (Å²) in [5.74, 6) is 0. The molecule has 0 unspecified atom stereocenters. The Labute approximate surface area is 65.1 Å². The number of nitrogens with zero attached hydrogens (tertiary/aromatic N) is 1. The molecule has 0 saturated carbocycles. The predicted molar refractivity (Wildman–Crippen MR) is 38.1 cm³/mol. The van der Waals surface area contributed by atoms with Crippen molar-refractivity contribution in [1.29, 1.82) is 0 Å². The lowest BCUT2D eigenvalue weighted by atomic mass is 10.1. The highest BCUT2D eigenvalue weighted by atomic mass is 19.1. The van der Waals surface area contributed by atoms with E-state index in [1.54, 1.807) is 0 Å². The van der Waals surface area contributed by atoms with Gasteiger partial charge in [0, 0.05) is 6.54 Å². The van der Waals surface area contributed by atoms with Crippen molar-refractivity contribution in [1.82, 2.24) is 4.90 Å². The summed E-state index contributed by atoms with van der Waals surface area (Å²) in [4.78, 5) is 12.2. The molecule has 0 spiro atoms. The fourth-order valence-electron chi connectivity index (χ4n) is 1.22. The second-order valence-corrected chi connectivity index (χ2v) is 2.66. The molecule has 0 N–H and O–H groups in total. The molecule has 11 heavy (non-hydrogen) atoms. The fraction of sp³-hybridized carbons (Fsp3) is 0.857. The van der Waals surface area contributed by atoms with Crippen molar-refractivity contribution in [3.05, 3.63) is 0 Å². The maximum absolute atomic E-state index is 12.7. The van der Waals surface area contributed by atoms with Crippen LogP contribution in [-0.4, -0.2) is 37.4 Å². The summed E-state index contributed by atoms with van der Waals surface area (Å²) >= 11 is 0. The molecular formula is C7H12FNO2. The van der Waals surface area contributed by atoms with Gasteiger partial charge >= 0.3 is 6.09 Å². The SMILES string of the molecule is COC(=O)N1CCC[C@H](F)C1. The normalized spacial score (nSPS) is 24.9. The Morgan fingerprint density at radius 1 is 1.73 bits per heavy atom. The van der Waals surface area contributed by atoms with Gasteiger partial charge in [0.25, 0.3) is 0 Å². The lowest BCUT2D eigenvalue weighted by Gasteiger charge is -2.27. The number of carbonyl (C=O) groups is 1. The standard InChI is InChI=1S/C7H12FNO2/c1-11-7(10)9-4-2-3-6(8)5-9/h6H,2-5H2,1H3/t6-/m0/s1. The van der Waals surface area contributed by atoms with Crippen molar-refractivity contribution < 1.29 is 13.9 Å². The van der Waals surface area contributed by atoms with Gasteiger partial charge in [0.05, 0.1) is 13.7 Å². The zero-order valence-electron chi connectivity index (χ0n) is 6.55. The highest BCUT2D eigenvalue weighted by Gasteiger charge is 2.23. The van der Waals surface area contributed by atoms with E-state index in [4.69, 9.17) is 0 Å². The molecule has 0 aromatic heterocycles. The zero-order chi connectivity index (χ0) is 8.27. The molecule has 1 fully saturated rings. The highest BCUT2D eigenvalue weighted by molar-refractivity contribution is 5.67. The van der Waals surface area contributed by atoms with E-state index in [-0.39, 0.29) is 6.54 Å². The van der Waals surface area contributed by atoms with E-state index in [0.717, 1.165) is 6.42 Å². The lowest BCUT2D eigenvalue weighted by Crippen LogP contribution is -2.40. The van der Waals surface area contributed by atoms with E-state index in [1.165, 1.54) is 12.0 Å². The third-order valence-electron chi connectivity index (χ3n) is 1.80. The number of halogens is 1. The molecule has 0 aromatic carbocycles. The van der Waals surface area contributed by atoms with Gasteiger partial charge in [-0.15, -0.1) is 0 Å². The van der Waals surface area contributed by atoms with Crippen LogP contribution in [-0.2, 0) is 4.74 Å². The van der Waals surface area contributed by atoms with E-state index in [0.29, 0.717) is 13.0 Å². The molecule has 64 valence electrons. The quantitative estimate of drug-likeness (QED) is 0.534. The van der Waals surface area contributed by atoms with Gasteiger partial charge in [-0.1, -0.05) is 0 Å². The molecule has 1 rings (SSSR count). The second kappa shape index (κ2) is 3.55. The molecule has 1 heterocycles. The average molecular weight is 161 g/mol. The van der Waals surface area contributed by atoms with Crippen molar-refractivity contribution in [2.45, 2.75) is 19.0 Å². The van der Waals surface area contributed by atoms with Gasteiger partial charge in [0.2, 0.25) is 0 Å². The van der Waals surface area contributed by atoms with E-state index in [9.17, 15) is 9.18 Å². The molecule has 0 aromatic rings. The van der Waals surface area contributed by atoms with Gasteiger partial charge in [0.15, 0.2) is 0 Å². The van der Waals surface area contributed by atoms with E-state index >= 15 is 0 Å². The first-order valence-electron chi connectivity index (χ1n) is 3.71. The van der Waals surface area contributed by atoms with Crippen LogP contribution in [0.2, 0.25) is 0 Å². The Kier molecular flexibility index (Phi) is 2.68. The van der Waals surface area contributed by atoms with Crippen molar-refractivity contribution in [3.63, 3.8) is 0 Å². The molecule has 1 aliphatic heterocycles. The Bertz CT molecular complexity index is 151. The summed E-state index contributed by atoms with van der Waals surface area (Å²) in [5, 5.41) is 0. The average Bonchev–Trinajstić information content (AvgIpc) is 2.03. The number of alkyl halides is 1. The predicted octanol–water partition coefficient (Wildman–Crippen LogP) is 1.19. The number of likely N-dealkylation sites (tertiary alicyclic amines) is 1. The molecule has 1 atom stereocenters. The molecule has 0 bridgehead atoms. The topological polar surface area (TPSA) is 29.5 Å². The maximum atomic E-state index is 12.7. The Hall–Kier alpha value is -0.800. The molecule has 0 aliphatic carbocycles. The van der Waals surface area contributed by atoms with Crippen LogP contribution in [0.3, 0.4) is 0 Å². The number of ether oxygens (including phenoxy) is 1. The molecule has 0 radical (unpaired) electrons. The third-order valence-corrected chi connectivity index (χ3v) is 1.80. The summed E-state index contributed by atoms with van der Waals surface area (Å²) in [6.45, 7) is 0.805. The minimum atomic E-state index is -0.872. The summed E-state index contributed by atoms with van der Waals surface area (Å²) in [7, 11) is 1.31. The fourth-order valence-corrected chi connectivity index (χ4v) is 1.22. The van der Waals surface area contributed by atoms with Crippen LogP contribution < -0.4 is 0 Å². The van der Waals surface area contributed by atoms with Gasteiger partial charge in [-0.2, -0.15) is 0 Å². The van der Waals surface area contributed by atoms with E-state index in [1.807, 2.05) is 0 Å². The monoisotopic (exact) mass is 161 g/mol. The van der Waals surface area contributed by atoms with Crippen LogP contribution in [0.15, 0.2) is 0 Å². The van der Waals surface area contributed by atoms with Crippen LogP contribution in [0.25, 0.3) is 0 Å². The number of carbonyl (C=O) groups excluding carboxylic acids is 1. The zero-order valence-corrected chi connectivity index (χ0v) is 6.55. The second-order valence-electron chi connectivity index (χ2n) is 2.66. The van der Waals surface area contributed by atoms with Gasteiger partial charge in [-0.3, -0.25) is 0 Å². The van der Waals surface area contributed by atoms with Crippen LogP contribution in [0.4, 0.5) is 9.18 Å². The minimum Gasteiger partial charge on any atom is -0.453 e. The number of amides is 1. The number of piperidine rings is 1. The summed E-state index contributed by atoms with van der Waals surface area (Å²) in [6, 6.07) is 0. The molecule has 1 amide bonds. The van der Waals surface area contributed by atoms with Crippen LogP contribution in [0.5, 0.6) is 0 Å². The first kappa shape index (κ1) is 8.30. The van der Waals surface area contributed by atoms with Gasteiger partial charge < -0.3 is 9.64 Å². The summed E-state index contributed by atoms with van der Waals surface area (Å²) in [6.07, 6.45) is -0.000713. The Balaban J connectivity index is 2.39. The maximum Gasteiger partial charge on any atom is 0.409 e. The van der Waals surface area contributed by atoms with Gasteiger partial charge in [-0.25, -0.2) is 9.18 Å². The van der Waals surface area contributed by atoms with Crippen molar-refractivity contribution >= 4 is 6.09 Å². The Morgan fingerprint density at radius 2 is 2.45 bits per heavy atom. The smallest absolute Gasteiger partial charge is 0.409 e. The third kappa shape index (κ3) is 2.06. The van der Waals surface area contributed by atoms with Crippen LogP contribution in [0, 0.1) is 0 Å². The number of rotatable bonds is 0. The minimum absolute atomic E-state index is 0.187. The van der Waals surface area contributed by atoms with E-state index < -0.39 is 12.3 Å². The molecule has 4 heteroatoms. The van der Waals surface area contributed by atoms with Crippen LogP contribution >= 0.6 is 0 Å². The Morgan fingerprint density at radius 3 is 3.00 bits per heavy atom. The molecule has 1 saturated heterocycles. The molecule has 3 nitrogen and oxygen atoms in total. The van der Waals surface area contributed by atoms with Crippen molar-refractivity contribution in [2.24, 2.45) is 0 Å².